The Morgan fingerprint density at radius 3 is 2.33 bits per heavy atom. The Kier molecular flexibility index (Phi) is 6.73. The molecule has 2 N–H and O–H groups in total. The van der Waals surface area contributed by atoms with Crippen LogP contribution in [0.25, 0.3) is 0 Å². The summed E-state index contributed by atoms with van der Waals surface area (Å²) in [5.41, 5.74) is 9.82. The summed E-state index contributed by atoms with van der Waals surface area (Å²) < 4.78 is 6.08. The van der Waals surface area contributed by atoms with Crippen LogP contribution in [0.5, 0.6) is 5.75 Å². The largest absolute Gasteiger partial charge is 0.493 e. The van der Waals surface area contributed by atoms with Crippen molar-refractivity contribution in [2.75, 3.05) is 13.2 Å². The first-order valence-corrected chi connectivity index (χ1v) is 8.33. The van der Waals surface area contributed by atoms with Gasteiger partial charge in [0.05, 0.1) is 6.61 Å². The molecule has 0 aromatic heterocycles. The van der Waals surface area contributed by atoms with Crippen molar-refractivity contribution >= 4 is 0 Å². The van der Waals surface area contributed by atoms with Gasteiger partial charge in [-0.05, 0) is 56.6 Å². The molecular weight excluding hydrogens is 258 g/mol. The minimum atomic E-state index is 0.0947. The highest BCUT2D eigenvalue weighted by molar-refractivity contribution is 5.49. The fourth-order valence-electron chi connectivity index (χ4n) is 2.91. The lowest BCUT2D eigenvalue weighted by Gasteiger charge is -2.28. The monoisotopic (exact) mass is 291 g/mol. The van der Waals surface area contributed by atoms with Crippen LogP contribution in [0.15, 0.2) is 12.1 Å². The second-order valence-electron chi connectivity index (χ2n) is 6.95. The molecule has 0 heterocycles. The fourth-order valence-corrected chi connectivity index (χ4v) is 2.91. The summed E-state index contributed by atoms with van der Waals surface area (Å²) in [5.74, 6) is 1.65. The van der Waals surface area contributed by atoms with E-state index in [-0.39, 0.29) is 5.41 Å². The van der Waals surface area contributed by atoms with Crippen molar-refractivity contribution in [1.82, 2.24) is 0 Å². The van der Waals surface area contributed by atoms with Crippen molar-refractivity contribution in [1.29, 1.82) is 0 Å². The lowest BCUT2D eigenvalue weighted by atomic mass is 9.80. The topological polar surface area (TPSA) is 35.2 Å². The first kappa shape index (κ1) is 18.0. The summed E-state index contributed by atoms with van der Waals surface area (Å²) in [5, 5.41) is 0. The van der Waals surface area contributed by atoms with Gasteiger partial charge in [0.2, 0.25) is 0 Å². The van der Waals surface area contributed by atoms with Crippen LogP contribution in [0.1, 0.15) is 76.5 Å². The molecule has 0 aliphatic heterocycles. The van der Waals surface area contributed by atoms with Gasteiger partial charge in [0.25, 0.3) is 0 Å². The van der Waals surface area contributed by atoms with E-state index in [2.05, 4.69) is 53.7 Å². The van der Waals surface area contributed by atoms with Gasteiger partial charge in [-0.3, -0.25) is 0 Å². The number of rotatable bonds is 7. The normalized spacial score (nSPS) is 13.3. The van der Waals surface area contributed by atoms with E-state index in [4.69, 9.17) is 10.5 Å². The van der Waals surface area contributed by atoms with Crippen LogP contribution in [-0.4, -0.2) is 13.2 Å². The summed E-state index contributed by atoms with van der Waals surface area (Å²) in [7, 11) is 0. The highest BCUT2D eigenvalue weighted by Crippen LogP contribution is 2.40. The molecule has 1 atom stereocenters. The summed E-state index contributed by atoms with van der Waals surface area (Å²) in [6, 6.07) is 4.59. The molecule has 0 aliphatic rings. The highest BCUT2D eigenvalue weighted by atomic mass is 16.5. The van der Waals surface area contributed by atoms with Gasteiger partial charge in [-0.25, -0.2) is 0 Å². The first-order chi connectivity index (χ1) is 9.85. The zero-order chi connectivity index (χ0) is 16.0. The number of benzene rings is 1. The van der Waals surface area contributed by atoms with E-state index in [1.807, 2.05) is 0 Å². The Balaban J connectivity index is 3.37. The number of hydrogen-bond acceptors (Lipinski definition) is 2. The van der Waals surface area contributed by atoms with Gasteiger partial charge in [0.1, 0.15) is 5.75 Å². The second-order valence-corrected chi connectivity index (χ2v) is 6.95. The highest BCUT2D eigenvalue weighted by Gasteiger charge is 2.24. The van der Waals surface area contributed by atoms with Crippen LogP contribution >= 0.6 is 0 Å². The SMILES string of the molecule is CCOc1c(C(CC)CCCN)cc(C)cc1C(C)(C)C. The van der Waals surface area contributed by atoms with E-state index in [0.29, 0.717) is 12.5 Å². The molecule has 2 nitrogen and oxygen atoms in total. The lowest BCUT2D eigenvalue weighted by molar-refractivity contribution is 0.322. The standard InChI is InChI=1S/C19H33NO/c1-7-15(10-9-11-20)16-12-14(3)13-17(19(4,5)6)18(16)21-8-2/h12-13,15H,7-11,20H2,1-6H3. The van der Waals surface area contributed by atoms with Gasteiger partial charge in [-0.1, -0.05) is 45.4 Å². The van der Waals surface area contributed by atoms with Crippen molar-refractivity contribution in [3.05, 3.63) is 28.8 Å². The molecule has 0 aliphatic carbocycles. The molecule has 0 spiro atoms. The summed E-state index contributed by atoms with van der Waals surface area (Å²) in [4.78, 5) is 0. The zero-order valence-electron chi connectivity index (χ0n) is 14.8. The van der Waals surface area contributed by atoms with Crippen LogP contribution in [0.3, 0.4) is 0 Å². The molecule has 0 saturated heterocycles. The molecule has 0 bridgehead atoms. The molecular formula is C19H33NO. The third kappa shape index (κ3) is 4.74. The van der Waals surface area contributed by atoms with Gasteiger partial charge in [-0.2, -0.15) is 0 Å². The van der Waals surface area contributed by atoms with Crippen molar-refractivity contribution < 1.29 is 4.74 Å². The van der Waals surface area contributed by atoms with E-state index in [1.54, 1.807) is 0 Å². The van der Waals surface area contributed by atoms with E-state index >= 15 is 0 Å². The Morgan fingerprint density at radius 2 is 1.86 bits per heavy atom. The number of hydrogen-bond donors (Lipinski definition) is 1. The van der Waals surface area contributed by atoms with Gasteiger partial charge < -0.3 is 10.5 Å². The quantitative estimate of drug-likeness (QED) is 0.773. The van der Waals surface area contributed by atoms with E-state index in [0.717, 1.165) is 31.6 Å². The van der Waals surface area contributed by atoms with Crippen LogP contribution in [0, 0.1) is 6.92 Å². The minimum Gasteiger partial charge on any atom is -0.493 e. The van der Waals surface area contributed by atoms with Crippen LogP contribution in [0.2, 0.25) is 0 Å². The average molecular weight is 291 g/mol. The van der Waals surface area contributed by atoms with Crippen LogP contribution < -0.4 is 10.5 Å². The van der Waals surface area contributed by atoms with Crippen molar-refractivity contribution in [3.63, 3.8) is 0 Å². The van der Waals surface area contributed by atoms with Gasteiger partial charge >= 0.3 is 0 Å². The van der Waals surface area contributed by atoms with Crippen molar-refractivity contribution in [2.45, 2.75) is 72.1 Å². The van der Waals surface area contributed by atoms with E-state index < -0.39 is 0 Å². The molecule has 0 amide bonds. The lowest BCUT2D eigenvalue weighted by Crippen LogP contribution is -2.16. The summed E-state index contributed by atoms with van der Waals surface area (Å²) in [6.07, 6.45) is 3.34. The fraction of sp³-hybridized carbons (Fsp3) is 0.684. The smallest absolute Gasteiger partial charge is 0.126 e. The van der Waals surface area contributed by atoms with E-state index in [9.17, 15) is 0 Å². The molecule has 0 saturated carbocycles. The molecule has 2 heteroatoms. The summed E-state index contributed by atoms with van der Waals surface area (Å²) >= 11 is 0. The van der Waals surface area contributed by atoms with Crippen LogP contribution in [0.4, 0.5) is 0 Å². The van der Waals surface area contributed by atoms with Gasteiger partial charge in [-0.15, -0.1) is 0 Å². The summed E-state index contributed by atoms with van der Waals surface area (Å²) in [6.45, 7) is 14.8. The maximum absolute atomic E-state index is 6.08. The molecule has 1 unspecified atom stereocenters. The van der Waals surface area contributed by atoms with Crippen molar-refractivity contribution in [2.24, 2.45) is 5.73 Å². The molecule has 21 heavy (non-hydrogen) atoms. The van der Waals surface area contributed by atoms with Gasteiger partial charge in [0.15, 0.2) is 0 Å². The van der Waals surface area contributed by atoms with Gasteiger partial charge in [0, 0.05) is 5.56 Å². The van der Waals surface area contributed by atoms with E-state index in [1.165, 1.54) is 16.7 Å². The number of nitrogens with two attached hydrogens (primary N) is 1. The average Bonchev–Trinajstić information content (AvgIpc) is 2.41. The van der Waals surface area contributed by atoms with Crippen LogP contribution in [-0.2, 0) is 5.41 Å². The Labute approximate surface area is 131 Å². The maximum Gasteiger partial charge on any atom is 0.126 e. The molecule has 1 rings (SSSR count). The first-order valence-electron chi connectivity index (χ1n) is 8.33. The molecule has 0 fully saturated rings. The molecule has 0 radical (unpaired) electrons. The van der Waals surface area contributed by atoms with Crippen molar-refractivity contribution in [3.8, 4) is 5.75 Å². The number of ether oxygens (including phenoxy) is 1. The molecule has 1 aromatic rings. The third-order valence-electron chi connectivity index (χ3n) is 4.05. The predicted octanol–water partition coefficient (Wildman–Crippen LogP) is 4.92. The Morgan fingerprint density at radius 1 is 1.19 bits per heavy atom. The third-order valence-corrected chi connectivity index (χ3v) is 4.05. The predicted molar refractivity (Wildman–Crippen MR) is 92.4 cm³/mol. The number of aryl methyl sites for hydroxylation is 1. The molecule has 120 valence electrons. The Bertz CT molecular complexity index is 446. The maximum atomic E-state index is 6.08. The minimum absolute atomic E-state index is 0.0947. The molecule has 1 aromatic carbocycles. The Hall–Kier alpha value is -1.02. The second kappa shape index (κ2) is 7.84. The zero-order valence-corrected chi connectivity index (χ0v) is 14.8.